The standard InChI is InChI=1S/C24H18F4N2O3/c25-19-7-2-1-4-14(19)13-33-22-9-8-15(24(26,27)28)10-18(22)16-5-3-6-17(16)20-11-29-12-21(30-20)23(31)32/h1-2,4,7-12H,3,5-6,13H2,(H,31,32). The molecule has 1 aromatic heterocycles. The number of ether oxygens (including phenoxy) is 1. The Morgan fingerprint density at radius 2 is 1.82 bits per heavy atom. The summed E-state index contributed by atoms with van der Waals surface area (Å²) < 4.78 is 60.1. The minimum atomic E-state index is -4.57. The van der Waals surface area contributed by atoms with E-state index in [1.807, 2.05) is 0 Å². The Labute approximate surface area is 186 Å². The number of carboxylic acid groups (broad SMARTS) is 1. The maximum absolute atomic E-state index is 14.0. The van der Waals surface area contributed by atoms with E-state index in [0.29, 0.717) is 36.1 Å². The van der Waals surface area contributed by atoms with Gasteiger partial charge in [0, 0.05) is 11.1 Å². The van der Waals surface area contributed by atoms with Gasteiger partial charge in [0.05, 0.1) is 23.7 Å². The number of hydrogen-bond donors (Lipinski definition) is 1. The highest BCUT2D eigenvalue weighted by Gasteiger charge is 2.32. The molecule has 0 saturated carbocycles. The highest BCUT2D eigenvalue weighted by Crippen LogP contribution is 2.44. The molecule has 0 atom stereocenters. The summed E-state index contributed by atoms with van der Waals surface area (Å²) >= 11 is 0. The van der Waals surface area contributed by atoms with Crippen LogP contribution in [-0.2, 0) is 12.8 Å². The van der Waals surface area contributed by atoms with Crippen LogP contribution in [0.15, 0.2) is 54.9 Å². The van der Waals surface area contributed by atoms with E-state index in [2.05, 4.69) is 9.97 Å². The lowest BCUT2D eigenvalue weighted by atomic mass is 9.97. The van der Waals surface area contributed by atoms with E-state index in [1.54, 1.807) is 6.07 Å². The highest BCUT2D eigenvalue weighted by molar-refractivity contribution is 5.94. The molecule has 170 valence electrons. The van der Waals surface area contributed by atoms with Crippen molar-refractivity contribution in [1.82, 2.24) is 9.97 Å². The van der Waals surface area contributed by atoms with Gasteiger partial charge in [0.2, 0.25) is 0 Å². The molecule has 1 N–H and O–H groups in total. The summed E-state index contributed by atoms with van der Waals surface area (Å²) in [6.45, 7) is -0.165. The fraction of sp³-hybridized carbons (Fsp3) is 0.208. The van der Waals surface area contributed by atoms with Gasteiger partial charge in [-0.3, -0.25) is 4.98 Å². The molecular weight excluding hydrogens is 440 g/mol. The topological polar surface area (TPSA) is 72.3 Å². The van der Waals surface area contributed by atoms with E-state index in [0.717, 1.165) is 18.3 Å². The van der Waals surface area contributed by atoms with Crippen molar-refractivity contribution in [2.45, 2.75) is 32.0 Å². The molecule has 0 aliphatic heterocycles. The Morgan fingerprint density at radius 1 is 1.06 bits per heavy atom. The summed E-state index contributed by atoms with van der Waals surface area (Å²) in [5.41, 5.74) is 0.855. The number of nitrogens with zero attached hydrogens (tertiary/aromatic N) is 2. The molecule has 9 heteroatoms. The van der Waals surface area contributed by atoms with Crippen molar-refractivity contribution in [2.75, 3.05) is 0 Å². The van der Waals surface area contributed by atoms with Crippen LogP contribution in [0.25, 0.3) is 11.1 Å². The maximum Gasteiger partial charge on any atom is 0.416 e. The maximum atomic E-state index is 14.0. The third-order valence-electron chi connectivity index (χ3n) is 5.35. The first-order valence-corrected chi connectivity index (χ1v) is 10.1. The number of hydrogen-bond acceptors (Lipinski definition) is 4. The molecule has 0 saturated heterocycles. The Hall–Kier alpha value is -3.75. The minimum absolute atomic E-state index is 0.165. The van der Waals surface area contributed by atoms with Gasteiger partial charge in [-0.25, -0.2) is 14.2 Å². The normalized spacial score (nSPS) is 13.9. The second-order valence-electron chi connectivity index (χ2n) is 7.49. The monoisotopic (exact) mass is 458 g/mol. The Morgan fingerprint density at radius 3 is 2.55 bits per heavy atom. The van der Waals surface area contributed by atoms with Gasteiger partial charge >= 0.3 is 12.1 Å². The van der Waals surface area contributed by atoms with Crippen LogP contribution in [0, 0.1) is 5.82 Å². The van der Waals surface area contributed by atoms with Crippen molar-refractivity contribution in [1.29, 1.82) is 0 Å². The van der Waals surface area contributed by atoms with Crippen LogP contribution in [-0.4, -0.2) is 21.0 Å². The van der Waals surface area contributed by atoms with Crippen molar-refractivity contribution in [2.24, 2.45) is 0 Å². The summed E-state index contributed by atoms with van der Waals surface area (Å²) in [5, 5.41) is 9.21. The van der Waals surface area contributed by atoms with Gasteiger partial charge in [0.1, 0.15) is 18.2 Å². The van der Waals surface area contributed by atoms with Crippen molar-refractivity contribution in [3.05, 3.63) is 88.8 Å². The third kappa shape index (κ3) is 4.87. The van der Waals surface area contributed by atoms with Crippen molar-refractivity contribution in [3.8, 4) is 5.75 Å². The van der Waals surface area contributed by atoms with Gasteiger partial charge in [-0.05, 0) is 54.7 Å². The van der Waals surface area contributed by atoms with Gasteiger partial charge < -0.3 is 9.84 Å². The van der Waals surface area contributed by atoms with Crippen molar-refractivity contribution in [3.63, 3.8) is 0 Å². The SMILES string of the molecule is O=C(O)c1cncc(C2=C(c3cc(C(F)(F)F)ccc3OCc3ccccc3F)CCC2)n1. The van der Waals surface area contributed by atoms with Crippen molar-refractivity contribution >= 4 is 17.1 Å². The molecular formula is C24H18F4N2O3. The van der Waals surface area contributed by atoms with Gasteiger partial charge in [-0.1, -0.05) is 18.2 Å². The van der Waals surface area contributed by atoms with Crippen LogP contribution in [0.1, 0.15) is 52.1 Å². The van der Waals surface area contributed by atoms with Crippen LogP contribution in [0.5, 0.6) is 5.75 Å². The number of benzene rings is 2. The van der Waals surface area contributed by atoms with Gasteiger partial charge in [0.25, 0.3) is 0 Å². The zero-order chi connectivity index (χ0) is 23.6. The number of aromatic nitrogens is 2. The lowest BCUT2D eigenvalue weighted by Crippen LogP contribution is -2.07. The van der Waals surface area contributed by atoms with E-state index in [1.165, 1.54) is 30.5 Å². The zero-order valence-electron chi connectivity index (χ0n) is 17.2. The van der Waals surface area contributed by atoms with Crippen LogP contribution in [0.3, 0.4) is 0 Å². The molecule has 1 aliphatic rings. The number of carboxylic acids is 1. The number of carbonyl (C=O) groups is 1. The second-order valence-corrected chi connectivity index (χ2v) is 7.49. The smallest absolute Gasteiger partial charge is 0.416 e. The fourth-order valence-electron chi connectivity index (χ4n) is 3.78. The van der Waals surface area contributed by atoms with E-state index in [9.17, 15) is 27.5 Å². The number of rotatable bonds is 6. The molecule has 1 heterocycles. The lowest BCUT2D eigenvalue weighted by molar-refractivity contribution is -0.137. The molecule has 0 radical (unpaired) electrons. The first-order chi connectivity index (χ1) is 15.7. The quantitative estimate of drug-likeness (QED) is 0.459. The first-order valence-electron chi connectivity index (χ1n) is 10.1. The zero-order valence-corrected chi connectivity index (χ0v) is 17.2. The second kappa shape index (κ2) is 9.01. The van der Waals surface area contributed by atoms with Gasteiger partial charge in [-0.15, -0.1) is 0 Å². The van der Waals surface area contributed by atoms with Crippen LogP contribution >= 0.6 is 0 Å². The molecule has 0 amide bonds. The van der Waals surface area contributed by atoms with Gasteiger partial charge in [0.15, 0.2) is 5.69 Å². The predicted octanol–water partition coefficient (Wildman–Crippen LogP) is 6.01. The number of aromatic carboxylic acids is 1. The lowest BCUT2D eigenvalue weighted by Gasteiger charge is -2.17. The first kappa shape index (κ1) is 22.4. The number of alkyl halides is 3. The molecule has 5 nitrogen and oxygen atoms in total. The molecule has 0 bridgehead atoms. The average molecular weight is 458 g/mol. The van der Waals surface area contributed by atoms with Crippen LogP contribution in [0.4, 0.5) is 17.6 Å². The van der Waals surface area contributed by atoms with Gasteiger partial charge in [-0.2, -0.15) is 13.2 Å². The third-order valence-corrected chi connectivity index (χ3v) is 5.35. The molecule has 3 aromatic rings. The Kier molecular flexibility index (Phi) is 6.13. The summed E-state index contributed by atoms with van der Waals surface area (Å²) in [7, 11) is 0. The van der Waals surface area contributed by atoms with E-state index in [4.69, 9.17) is 4.74 Å². The molecule has 1 aliphatic carbocycles. The molecule has 2 aromatic carbocycles. The predicted molar refractivity (Wildman–Crippen MR) is 112 cm³/mol. The molecule has 0 fully saturated rings. The van der Waals surface area contributed by atoms with Crippen LogP contribution < -0.4 is 4.74 Å². The molecule has 4 rings (SSSR count). The molecule has 33 heavy (non-hydrogen) atoms. The van der Waals surface area contributed by atoms with Crippen LogP contribution in [0.2, 0.25) is 0 Å². The summed E-state index contributed by atoms with van der Waals surface area (Å²) in [6, 6.07) is 9.13. The number of allylic oxidation sites excluding steroid dienone is 2. The molecule has 0 unspecified atom stereocenters. The fourth-order valence-corrected chi connectivity index (χ4v) is 3.78. The molecule has 0 spiro atoms. The van der Waals surface area contributed by atoms with E-state index in [-0.39, 0.29) is 29.2 Å². The summed E-state index contributed by atoms with van der Waals surface area (Å²) in [4.78, 5) is 19.3. The summed E-state index contributed by atoms with van der Waals surface area (Å²) in [6.07, 6.45) is -0.482. The largest absolute Gasteiger partial charge is 0.488 e. The Bertz CT molecular complexity index is 1240. The summed E-state index contributed by atoms with van der Waals surface area (Å²) in [5.74, 6) is -1.56. The highest BCUT2D eigenvalue weighted by atomic mass is 19.4. The van der Waals surface area contributed by atoms with E-state index < -0.39 is 23.5 Å². The van der Waals surface area contributed by atoms with Crippen molar-refractivity contribution < 1.29 is 32.2 Å². The Balaban J connectivity index is 1.79. The minimum Gasteiger partial charge on any atom is -0.488 e. The number of halogens is 4. The van der Waals surface area contributed by atoms with E-state index >= 15 is 0 Å². The average Bonchev–Trinajstić information content (AvgIpc) is 3.28.